The molecule has 1 atom stereocenters. The minimum Gasteiger partial charge on any atom is -0.459 e. The van der Waals surface area contributed by atoms with Crippen LogP contribution in [0.5, 0.6) is 0 Å². The first kappa shape index (κ1) is 19.4. The number of furan rings is 1. The summed E-state index contributed by atoms with van der Waals surface area (Å²) in [5, 5.41) is 2.63. The van der Waals surface area contributed by atoms with Crippen LogP contribution < -0.4 is 10.2 Å². The van der Waals surface area contributed by atoms with Gasteiger partial charge in [-0.05, 0) is 49.2 Å². The number of esters is 1. The topological polar surface area (TPSA) is 88.9 Å². The first-order valence-corrected chi connectivity index (χ1v) is 9.55. The average molecular weight is 404 g/mol. The van der Waals surface area contributed by atoms with Crippen molar-refractivity contribution < 1.29 is 23.5 Å². The maximum atomic E-state index is 12.7. The molecule has 0 saturated carbocycles. The highest BCUT2D eigenvalue weighted by molar-refractivity contribution is 6.07. The SMILES string of the molecule is C[C@@H]1Cc2ccccc2N1C(=O)COC(=O)c1ccccc1NC(=O)c1ccco1. The van der Waals surface area contributed by atoms with Crippen LogP contribution in [0, 0.1) is 0 Å². The zero-order chi connectivity index (χ0) is 21.1. The monoisotopic (exact) mass is 404 g/mol. The average Bonchev–Trinajstić information content (AvgIpc) is 3.39. The van der Waals surface area contributed by atoms with E-state index in [0.29, 0.717) is 0 Å². The van der Waals surface area contributed by atoms with E-state index < -0.39 is 18.5 Å². The molecule has 0 fully saturated rings. The standard InChI is InChI=1S/C23H20N2O5/c1-15-13-16-7-2-5-10-19(16)25(15)21(26)14-30-23(28)17-8-3-4-9-18(17)24-22(27)20-11-6-12-29-20/h2-12,15H,13-14H2,1H3,(H,24,27)/t15-/m1/s1. The highest BCUT2D eigenvalue weighted by Crippen LogP contribution is 2.31. The second kappa shape index (κ2) is 8.24. The third kappa shape index (κ3) is 3.82. The lowest BCUT2D eigenvalue weighted by atomic mass is 10.1. The summed E-state index contributed by atoms with van der Waals surface area (Å²) in [5.74, 6) is -1.36. The first-order valence-electron chi connectivity index (χ1n) is 9.55. The molecular weight excluding hydrogens is 384 g/mol. The van der Waals surface area contributed by atoms with Crippen molar-refractivity contribution in [3.8, 4) is 0 Å². The van der Waals surface area contributed by atoms with E-state index in [4.69, 9.17) is 9.15 Å². The Balaban J connectivity index is 1.44. The summed E-state index contributed by atoms with van der Waals surface area (Å²) in [6.45, 7) is 1.57. The summed E-state index contributed by atoms with van der Waals surface area (Å²) < 4.78 is 10.3. The molecule has 0 unspecified atom stereocenters. The van der Waals surface area contributed by atoms with Gasteiger partial charge in [0.2, 0.25) is 0 Å². The van der Waals surface area contributed by atoms with Crippen LogP contribution >= 0.6 is 0 Å². The number of rotatable bonds is 5. The Bertz CT molecular complexity index is 1090. The lowest BCUT2D eigenvalue weighted by Crippen LogP contribution is -2.38. The van der Waals surface area contributed by atoms with Crippen LogP contribution in [0.3, 0.4) is 0 Å². The molecular formula is C23H20N2O5. The van der Waals surface area contributed by atoms with E-state index in [1.54, 1.807) is 29.2 Å². The first-order chi connectivity index (χ1) is 14.5. The number of carbonyl (C=O) groups is 3. The second-order valence-corrected chi connectivity index (χ2v) is 7.00. The molecule has 2 heterocycles. The number of ether oxygens (including phenoxy) is 1. The van der Waals surface area contributed by atoms with Crippen LogP contribution in [-0.2, 0) is 16.0 Å². The smallest absolute Gasteiger partial charge is 0.340 e. The molecule has 0 spiro atoms. The van der Waals surface area contributed by atoms with Crippen LogP contribution in [-0.4, -0.2) is 30.4 Å². The summed E-state index contributed by atoms with van der Waals surface area (Å²) in [6.07, 6.45) is 2.15. The summed E-state index contributed by atoms with van der Waals surface area (Å²) in [7, 11) is 0. The molecule has 1 aliphatic rings. The van der Waals surface area contributed by atoms with E-state index in [1.165, 1.54) is 18.4 Å². The van der Waals surface area contributed by atoms with Gasteiger partial charge in [0.15, 0.2) is 12.4 Å². The normalized spacial score (nSPS) is 14.8. The minimum absolute atomic E-state index is 0.00604. The Hall–Kier alpha value is -3.87. The van der Waals surface area contributed by atoms with Crippen molar-refractivity contribution in [2.45, 2.75) is 19.4 Å². The van der Waals surface area contributed by atoms with E-state index in [1.807, 2.05) is 31.2 Å². The molecule has 7 nitrogen and oxygen atoms in total. The Morgan fingerprint density at radius 1 is 1.07 bits per heavy atom. The lowest BCUT2D eigenvalue weighted by Gasteiger charge is -2.22. The number of nitrogens with zero attached hydrogens (tertiary/aromatic N) is 1. The molecule has 0 saturated heterocycles. The number of hydrogen-bond donors (Lipinski definition) is 1. The lowest BCUT2D eigenvalue weighted by molar-refractivity contribution is -0.122. The predicted molar refractivity (Wildman–Crippen MR) is 110 cm³/mol. The fraction of sp³-hybridized carbons (Fsp3) is 0.174. The molecule has 30 heavy (non-hydrogen) atoms. The van der Waals surface area contributed by atoms with Gasteiger partial charge in [0.1, 0.15) is 0 Å². The van der Waals surface area contributed by atoms with Gasteiger partial charge in [-0.1, -0.05) is 30.3 Å². The highest BCUT2D eigenvalue weighted by atomic mass is 16.5. The van der Waals surface area contributed by atoms with Crippen LogP contribution in [0.2, 0.25) is 0 Å². The van der Waals surface area contributed by atoms with Gasteiger partial charge in [0.25, 0.3) is 11.8 Å². The van der Waals surface area contributed by atoms with Crippen molar-refractivity contribution in [2.24, 2.45) is 0 Å². The Kier molecular flexibility index (Phi) is 5.34. The maximum absolute atomic E-state index is 12.7. The van der Waals surface area contributed by atoms with E-state index in [2.05, 4.69) is 5.32 Å². The number of para-hydroxylation sites is 2. The number of anilines is 2. The van der Waals surface area contributed by atoms with E-state index in [0.717, 1.165) is 17.7 Å². The number of nitrogens with one attached hydrogen (secondary N) is 1. The van der Waals surface area contributed by atoms with Crippen molar-refractivity contribution in [2.75, 3.05) is 16.8 Å². The molecule has 1 N–H and O–H groups in total. The predicted octanol–water partition coefficient (Wildman–Crippen LogP) is 3.67. The summed E-state index contributed by atoms with van der Waals surface area (Å²) in [5.41, 5.74) is 2.36. The van der Waals surface area contributed by atoms with Crippen molar-refractivity contribution in [1.29, 1.82) is 0 Å². The molecule has 2 aromatic carbocycles. The van der Waals surface area contributed by atoms with E-state index >= 15 is 0 Å². The molecule has 152 valence electrons. The molecule has 0 radical (unpaired) electrons. The van der Waals surface area contributed by atoms with Gasteiger partial charge in [-0.2, -0.15) is 0 Å². The Morgan fingerprint density at radius 3 is 2.63 bits per heavy atom. The van der Waals surface area contributed by atoms with Gasteiger partial charge in [-0.15, -0.1) is 0 Å². The van der Waals surface area contributed by atoms with E-state index in [-0.39, 0.29) is 29.0 Å². The third-order valence-corrected chi connectivity index (χ3v) is 4.94. The van der Waals surface area contributed by atoms with Crippen molar-refractivity contribution in [3.63, 3.8) is 0 Å². The van der Waals surface area contributed by atoms with Gasteiger partial charge in [-0.25, -0.2) is 4.79 Å². The van der Waals surface area contributed by atoms with Crippen molar-refractivity contribution >= 4 is 29.2 Å². The fourth-order valence-corrected chi connectivity index (χ4v) is 3.58. The number of hydrogen-bond acceptors (Lipinski definition) is 5. The van der Waals surface area contributed by atoms with Crippen LogP contribution in [0.15, 0.2) is 71.3 Å². The molecule has 3 aromatic rings. The largest absolute Gasteiger partial charge is 0.459 e. The van der Waals surface area contributed by atoms with Crippen molar-refractivity contribution in [3.05, 3.63) is 83.8 Å². The highest BCUT2D eigenvalue weighted by Gasteiger charge is 2.31. The van der Waals surface area contributed by atoms with Crippen LogP contribution in [0.4, 0.5) is 11.4 Å². The van der Waals surface area contributed by atoms with Gasteiger partial charge >= 0.3 is 5.97 Å². The van der Waals surface area contributed by atoms with Gasteiger partial charge in [-0.3, -0.25) is 9.59 Å². The fourth-order valence-electron chi connectivity index (χ4n) is 3.58. The zero-order valence-electron chi connectivity index (χ0n) is 16.3. The molecule has 0 aliphatic carbocycles. The second-order valence-electron chi connectivity index (χ2n) is 7.00. The molecule has 1 aromatic heterocycles. The summed E-state index contributed by atoms with van der Waals surface area (Å²) in [6, 6.07) is 17.2. The minimum atomic E-state index is -0.696. The molecule has 0 bridgehead atoms. The van der Waals surface area contributed by atoms with E-state index in [9.17, 15) is 14.4 Å². The number of amides is 2. The summed E-state index contributed by atoms with van der Waals surface area (Å²) in [4.78, 5) is 39.2. The third-order valence-electron chi connectivity index (χ3n) is 4.94. The number of carbonyl (C=O) groups excluding carboxylic acids is 3. The number of fused-ring (bicyclic) bond motifs is 1. The number of benzene rings is 2. The van der Waals surface area contributed by atoms with Gasteiger partial charge in [0, 0.05) is 11.7 Å². The summed E-state index contributed by atoms with van der Waals surface area (Å²) >= 11 is 0. The zero-order valence-corrected chi connectivity index (χ0v) is 16.3. The molecule has 2 amide bonds. The Labute approximate surface area is 173 Å². The van der Waals surface area contributed by atoms with Crippen LogP contribution in [0.25, 0.3) is 0 Å². The van der Waals surface area contributed by atoms with Gasteiger partial charge < -0.3 is 19.4 Å². The maximum Gasteiger partial charge on any atom is 0.340 e. The van der Waals surface area contributed by atoms with Gasteiger partial charge in [0.05, 0.1) is 17.5 Å². The molecule has 1 aliphatic heterocycles. The van der Waals surface area contributed by atoms with Crippen LogP contribution in [0.1, 0.15) is 33.4 Å². The quantitative estimate of drug-likeness (QED) is 0.656. The van der Waals surface area contributed by atoms with Crippen molar-refractivity contribution in [1.82, 2.24) is 0 Å². The molecule has 4 rings (SSSR count). The molecule has 7 heteroatoms. The Morgan fingerprint density at radius 2 is 1.83 bits per heavy atom.